The number of aromatic amines is 1. The summed E-state index contributed by atoms with van der Waals surface area (Å²) in [5.74, 6) is 0.425. The first-order valence-corrected chi connectivity index (χ1v) is 6.01. The van der Waals surface area contributed by atoms with E-state index in [2.05, 4.69) is 15.0 Å². The number of nitrogens with one attached hydrogen (secondary N) is 1. The van der Waals surface area contributed by atoms with Crippen LogP contribution in [0.25, 0.3) is 22.6 Å². The zero-order valence-electron chi connectivity index (χ0n) is 9.87. The Hall–Kier alpha value is -2.08. The standard InChI is InChI=1S/C13H7ClF3N3/c14-9-5-6-18-12-10(9)19-11(20-12)7-1-3-8(4-2-7)13(15,16)17/h1-6H,(H,18,19,20). The summed E-state index contributed by atoms with van der Waals surface area (Å²) in [7, 11) is 0. The van der Waals surface area contributed by atoms with Gasteiger partial charge in [-0.25, -0.2) is 9.97 Å². The van der Waals surface area contributed by atoms with Crippen molar-refractivity contribution in [2.24, 2.45) is 0 Å². The van der Waals surface area contributed by atoms with Gasteiger partial charge in [0.05, 0.1) is 10.6 Å². The van der Waals surface area contributed by atoms with Crippen LogP contribution in [-0.4, -0.2) is 15.0 Å². The van der Waals surface area contributed by atoms with E-state index in [0.29, 0.717) is 27.6 Å². The molecule has 2 heterocycles. The Bertz CT molecular complexity index is 763. The number of H-pyrrole nitrogens is 1. The van der Waals surface area contributed by atoms with E-state index in [4.69, 9.17) is 11.6 Å². The second-order valence-corrected chi connectivity index (χ2v) is 4.56. The van der Waals surface area contributed by atoms with Crippen LogP contribution < -0.4 is 0 Å². The summed E-state index contributed by atoms with van der Waals surface area (Å²) < 4.78 is 37.5. The van der Waals surface area contributed by atoms with Gasteiger partial charge in [-0.1, -0.05) is 23.7 Å². The van der Waals surface area contributed by atoms with Crippen LogP contribution in [0, 0.1) is 0 Å². The molecule has 2 aromatic heterocycles. The number of imidazole rings is 1. The average Bonchev–Trinajstić information content (AvgIpc) is 2.83. The molecule has 0 saturated heterocycles. The molecule has 0 atom stereocenters. The second kappa shape index (κ2) is 4.49. The van der Waals surface area contributed by atoms with Gasteiger partial charge in [-0.05, 0) is 18.2 Å². The first kappa shape index (κ1) is 12.9. The van der Waals surface area contributed by atoms with Gasteiger partial charge in [0, 0.05) is 11.8 Å². The number of aromatic nitrogens is 3. The minimum Gasteiger partial charge on any atom is -0.323 e. The molecule has 102 valence electrons. The van der Waals surface area contributed by atoms with Crippen LogP contribution in [0.15, 0.2) is 36.5 Å². The highest BCUT2D eigenvalue weighted by molar-refractivity contribution is 6.34. The van der Waals surface area contributed by atoms with Crippen molar-refractivity contribution < 1.29 is 13.2 Å². The van der Waals surface area contributed by atoms with E-state index in [-0.39, 0.29) is 0 Å². The fourth-order valence-electron chi connectivity index (χ4n) is 1.83. The molecule has 0 bridgehead atoms. The van der Waals surface area contributed by atoms with Crippen LogP contribution in [0.5, 0.6) is 0 Å². The minimum absolute atomic E-state index is 0.425. The molecule has 0 fully saturated rings. The molecule has 1 N–H and O–H groups in total. The highest BCUT2D eigenvalue weighted by Gasteiger charge is 2.30. The Morgan fingerprint density at radius 1 is 1.05 bits per heavy atom. The zero-order chi connectivity index (χ0) is 14.3. The van der Waals surface area contributed by atoms with Crippen molar-refractivity contribution in [3.05, 3.63) is 47.1 Å². The molecule has 0 radical (unpaired) electrons. The summed E-state index contributed by atoms with van der Waals surface area (Å²) in [4.78, 5) is 11.2. The minimum atomic E-state index is -4.35. The van der Waals surface area contributed by atoms with Crippen molar-refractivity contribution in [1.29, 1.82) is 0 Å². The van der Waals surface area contributed by atoms with Crippen molar-refractivity contribution >= 4 is 22.8 Å². The van der Waals surface area contributed by atoms with E-state index in [9.17, 15) is 13.2 Å². The largest absolute Gasteiger partial charge is 0.416 e. The third kappa shape index (κ3) is 2.22. The maximum atomic E-state index is 12.5. The van der Waals surface area contributed by atoms with Gasteiger partial charge < -0.3 is 4.98 Å². The zero-order valence-corrected chi connectivity index (χ0v) is 10.6. The van der Waals surface area contributed by atoms with E-state index in [1.165, 1.54) is 18.3 Å². The van der Waals surface area contributed by atoms with E-state index in [1.54, 1.807) is 6.07 Å². The van der Waals surface area contributed by atoms with Crippen LogP contribution in [0.1, 0.15) is 5.56 Å². The van der Waals surface area contributed by atoms with E-state index < -0.39 is 11.7 Å². The summed E-state index contributed by atoms with van der Waals surface area (Å²) in [5.41, 5.74) is 0.817. The predicted molar refractivity (Wildman–Crippen MR) is 69.3 cm³/mol. The van der Waals surface area contributed by atoms with Gasteiger partial charge in [-0.15, -0.1) is 0 Å². The van der Waals surface area contributed by atoms with Crippen molar-refractivity contribution in [3.8, 4) is 11.4 Å². The van der Waals surface area contributed by atoms with Gasteiger partial charge >= 0.3 is 6.18 Å². The third-order valence-corrected chi connectivity index (χ3v) is 3.13. The predicted octanol–water partition coefficient (Wildman–Crippen LogP) is 4.30. The summed E-state index contributed by atoms with van der Waals surface area (Å²) in [6.45, 7) is 0. The monoisotopic (exact) mass is 297 g/mol. The molecule has 3 rings (SSSR count). The molecular formula is C13H7ClF3N3. The molecule has 0 saturated carbocycles. The molecule has 0 aliphatic rings. The first-order valence-electron chi connectivity index (χ1n) is 5.63. The summed E-state index contributed by atoms with van der Waals surface area (Å²) in [5, 5.41) is 0.435. The number of alkyl halides is 3. The van der Waals surface area contributed by atoms with Gasteiger partial charge in [-0.3, -0.25) is 0 Å². The Balaban J connectivity index is 2.05. The van der Waals surface area contributed by atoms with E-state index in [1.807, 2.05) is 0 Å². The highest BCUT2D eigenvalue weighted by atomic mass is 35.5. The van der Waals surface area contributed by atoms with Crippen LogP contribution in [0.2, 0.25) is 5.02 Å². The molecule has 7 heteroatoms. The first-order chi connectivity index (χ1) is 9.45. The normalized spacial score (nSPS) is 12.0. The van der Waals surface area contributed by atoms with Crippen molar-refractivity contribution in [3.63, 3.8) is 0 Å². The summed E-state index contributed by atoms with van der Waals surface area (Å²) >= 11 is 5.97. The lowest BCUT2D eigenvalue weighted by Crippen LogP contribution is -2.04. The molecule has 0 unspecified atom stereocenters. The number of benzene rings is 1. The van der Waals surface area contributed by atoms with Gasteiger partial charge in [0.2, 0.25) is 0 Å². The van der Waals surface area contributed by atoms with E-state index in [0.717, 1.165) is 12.1 Å². The fourth-order valence-corrected chi connectivity index (χ4v) is 2.02. The summed E-state index contributed by atoms with van der Waals surface area (Å²) in [6.07, 6.45) is -2.82. The maximum Gasteiger partial charge on any atom is 0.416 e. The quantitative estimate of drug-likeness (QED) is 0.727. The second-order valence-electron chi connectivity index (χ2n) is 4.15. The Kier molecular flexibility index (Phi) is 2.90. The number of hydrogen-bond acceptors (Lipinski definition) is 2. The Labute approximate surface area is 116 Å². The number of rotatable bonds is 1. The molecule has 0 aliphatic carbocycles. The number of fused-ring (bicyclic) bond motifs is 1. The Morgan fingerprint density at radius 3 is 2.35 bits per heavy atom. The number of pyridine rings is 1. The average molecular weight is 298 g/mol. The molecular weight excluding hydrogens is 291 g/mol. The van der Waals surface area contributed by atoms with Crippen molar-refractivity contribution in [1.82, 2.24) is 15.0 Å². The van der Waals surface area contributed by atoms with Gasteiger partial charge in [0.25, 0.3) is 0 Å². The van der Waals surface area contributed by atoms with Crippen LogP contribution in [0.4, 0.5) is 13.2 Å². The Morgan fingerprint density at radius 2 is 1.75 bits per heavy atom. The molecule has 0 spiro atoms. The number of hydrogen-bond donors (Lipinski definition) is 1. The fraction of sp³-hybridized carbons (Fsp3) is 0.0769. The highest BCUT2D eigenvalue weighted by Crippen LogP contribution is 2.31. The topological polar surface area (TPSA) is 41.6 Å². The molecule has 0 aliphatic heterocycles. The van der Waals surface area contributed by atoms with Crippen LogP contribution in [0.3, 0.4) is 0 Å². The lowest BCUT2D eigenvalue weighted by atomic mass is 10.1. The number of nitrogens with zero attached hydrogens (tertiary/aromatic N) is 2. The van der Waals surface area contributed by atoms with Gasteiger partial charge in [0.15, 0.2) is 5.65 Å². The van der Waals surface area contributed by atoms with Crippen LogP contribution in [-0.2, 0) is 6.18 Å². The van der Waals surface area contributed by atoms with Crippen molar-refractivity contribution in [2.45, 2.75) is 6.18 Å². The molecule has 0 amide bonds. The van der Waals surface area contributed by atoms with E-state index >= 15 is 0 Å². The smallest absolute Gasteiger partial charge is 0.323 e. The molecule has 3 aromatic rings. The summed E-state index contributed by atoms with van der Waals surface area (Å²) in [6, 6.07) is 6.33. The molecule has 3 nitrogen and oxygen atoms in total. The molecule has 20 heavy (non-hydrogen) atoms. The maximum absolute atomic E-state index is 12.5. The van der Waals surface area contributed by atoms with Crippen LogP contribution >= 0.6 is 11.6 Å². The van der Waals surface area contributed by atoms with Gasteiger partial charge in [-0.2, -0.15) is 13.2 Å². The van der Waals surface area contributed by atoms with Gasteiger partial charge in [0.1, 0.15) is 11.3 Å². The lowest BCUT2D eigenvalue weighted by molar-refractivity contribution is -0.137. The lowest BCUT2D eigenvalue weighted by Gasteiger charge is -2.06. The molecule has 1 aromatic carbocycles. The number of halogens is 4. The van der Waals surface area contributed by atoms with Crippen molar-refractivity contribution in [2.75, 3.05) is 0 Å². The SMILES string of the molecule is FC(F)(F)c1ccc(-c2nc3c(Cl)ccnc3[nH]2)cc1. The third-order valence-electron chi connectivity index (χ3n) is 2.82.